The van der Waals surface area contributed by atoms with E-state index in [4.69, 9.17) is 5.73 Å². The van der Waals surface area contributed by atoms with Crippen LogP contribution >= 0.6 is 0 Å². The predicted molar refractivity (Wildman–Crippen MR) is 74.7 cm³/mol. The number of sulfone groups is 1. The third-order valence-electron chi connectivity index (χ3n) is 3.66. The number of rotatable bonds is 2. The standard InChI is InChI=1S/C13H17N3O2S/c14-11-3-4-16-12(7-11)8-15-13(16)6-10-2-1-5-19(17,18)9-10/h3-4,7-8,10H,1-2,5-6,9,14H2. The smallest absolute Gasteiger partial charge is 0.150 e. The molecule has 0 amide bonds. The van der Waals surface area contributed by atoms with E-state index in [2.05, 4.69) is 4.98 Å². The van der Waals surface area contributed by atoms with Gasteiger partial charge in [-0.25, -0.2) is 13.4 Å². The van der Waals surface area contributed by atoms with Crippen molar-refractivity contribution in [3.63, 3.8) is 0 Å². The molecule has 3 rings (SSSR count). The Kier molecular flexibility index (Phi) is 2.97. The Bertz CT molecular complexity index is 706. The molecule has 5 nitrogen and oxygen atoms in total. The van der Waals surface area contributed by atoms with Crippen LogP contribution in [0.4, 0.5) is 5.69 Å². The Morgan fingerprint density at radius 1 is 1.47 bits per heavy atom. The van der Waals surface area contributed by atoms with Crippen molar-refractivity contribution < 1.29 is 8.42 Å². The van der Waals surface area contributed by atoms with Crippen molar-refractivity contribution in [1.82, 2.24) is 9.38 Å². The number of nitrogen functional groups attached to an aromatic ring is 1. The van der Waals surface area contributed by atoms with Gasteiger partial charge < -0.3 is 10.1 Å². The van der Waals surface area contributed by atoms with Gasteiger partial charge in [0, 0.05) is 18.3 Å². The van der Waals surface area contributed by atoms with Crippen molar-refractivity contribution >= 4 is 21.0 Å². The average molecular weight is 279 g/mol. The lowest BCUT2D eigenvalue weighted by Gasteiger charge is -2.21. The summed E-state index contributed by atoms with van der Waals surface area (Å²) in [6.45, 7) is 0. The maximum absolute atomic E-state index is 11.7. The van der Waals surface area contributed by atoms with Gasteiger partial charge in [0.2, 0.25) is 0 Å². The summed E-state index contributed by atoms with van der Waals surface area (Å²) in [5, 5.41) is 0. The lowest BCUT2D eigenvalue weighted by atomic mass is 10.0. The number of anilines is 1. The molecule has 0 saturated carbocycles. The average Bonchev–Trinajstić information content (AvgIpc) is 2.70. The van der Waals surface area contributed by atoms with Gasteiger partial charge in [0.25, 0.3) is 0 Å². The molecule has 3 heterocycles. The summed E-state index contributed by atoms with van der Waals surface area (Å²) < 4.78 is 25.3. The van der Waals surface area contributed by atoms with E-state index in [0.29, 0.717) is 17.9 Å². The summed E-state index contributed by atoms with van der Waals surface area (Å²) in [6.07, 6.45) is 6.11. The number of hydrogen-bond acceptors (Lipinski definition) is 4. The molecule has 1 aliphatic heterocycles. The number of fused-ring (bicyclic) bond motifs is 1. The van der Waals surface area contributed by atoms with Gasteiger partial charge in [-0.05, 0) is 30.9 Å². The van der Waals surface area contributed by atoms with Crippen molar-refractivity contribution in [2.24, 2.45) is 5.92 Å². The highest BCUT2D eigenvalue weighted by Gasteiger charge is 2.25. The maximum Gasteiger partial charge on any atom is 0.150 e. The van der Waals surface area contributed by atoms with E-state index in [1.807, 2.05) is 22.7 Å². The van der Waals surface area contributed by atoms with Crippen molar-refractivity contribution in [3.8, 4) is 0 Å². The molecule has 1 saturated heterocycles. The van der Waals surface area contributed by atoms with E-state index < -0.39 is 9.84 Å². The Morgan fingerprint density at radius 3 is 3.11 bits per heavy atom. The summed E-state index contributed by atoms with van der Waals surface area (Å²) in [5.74, 6) is 1.72. The molecule has 2 N–H and O–H groups in total. The third kappa shape index (κ3) is 2.58. The van der Waals surface area contributed by atoms with Crippen LogP contribution in [-0.4, -0.2) is 29.3 Å². The van der Waals surface area contributed by atoms with Crippen LogP contribution in [0.2, 0.25) is 0 Å². The summed E-state index contributed by atoms with van der Waals surface area (Å²) in [7, 11) is -2.85. The van der Waals surface area contributed by atoms with Crippen molar-refractivity contribution in [2.75, 3.05) is 17.2 Å². The highest BCUT2D eigenvalue weighted by atomic mass is 32.2. The zero-order valence-corrected chi connectivity index (χ0v) is 11.4. The molecular formula is C13H17N3O2S. The summed E-state index contributed by atoms with van der Waals surface area (Å²) in [6, 6.07) is 3.70. The molecule has 2 aromatic rings. The molecule has 0 aromatic carbocycles. The van der Waals surface area contributed by atoms with Crippen LogP contribution in [0.1, 0.15) is 18.7 Å². The fraction of sp³-hybridized carbons (Fsp3) is 0.462. The van der Waals surface area contributed by atoms with Gasteiger partial charge in [0.05, 0.1) is 23.2 Å². The first-order valence-electron chi connectivity index (χ1n) is 6.45. The molecule has 0 bridgehead atoms. The minimum atomic E-state index is -2.85. The van der Waals surface area contributed by atoms with Crippen LogP contribution < -0.4 is 5.73 Å². The molecule has 0 spiro atoms. The number of pyridine rings is 1. The molecule has 19 heavy (non-hydrogen) atoms. The molecule has 1 aliphatic rings. The molecular weight excluding hydrogens is 262 g/mol. The largest absolute Gasteiger partial charge is 0.399 e. The molecule has 0 radical (unpaired) electrons. The summed E-state index contributed by atoms with van der Waals surface area (Å²) in [5.41, 5.74) is 7.39. The van der Waals surface area contributed by atoms with Gasteiger partial charge in [-0.1, -0.05) is 0 Å². The zero-order chi connectivity index (χ0) is 13.5. The van der Waals surface area contributed by atoms with E-state index in [1.165, 1.54) is 0 Å². The van der Waals surface area contributed by atoms with Crippen LogP contribution in [0.15, 0.2) is 24.5 Å². The quantitative estimate of drug-likeness (QED) is 0.898. The van der Waals surface area contributed by atoms with Crippen LogP contribution in [0, 0.1) is 5.92 Å². The van der Waals surface area contributed by atoms with Gasteiger partial charge in [0.1, 0.15) is 5.82 Å². The molecule has 6 heteroatoms. The molecule has 0 aliphatic carbocycles. The van der Waals surface area contributed by atoms with Crippen LogP contribution in [0.3, 0.4) is 0 Å². The van der Waals surface area contributed by atoms with Gasteiger partial charge >= 0.3 is 0 Å². The second-order valence-corrected chi connectivity index (χ2v) is 7.48. The van der Waals surface area contributed by atoms with Gasteiger partial charge in [-0.3, -0.25) is 0 Å². The number of nitrogens with two attached hydrogens (primary N) is 1. The number of aromatic nitrogens is 2. The second kappa shape index (κ2) is 4.52. The van der Waals surface area contributed by atoms with Gasteiger partial charge in [-0.15, -0.1) is 0 Å². The minimum Gasteiger partial charge on any atom is -0.399 e. The number of nitrogens with zero attached hydrogens (tertiary/aromatic N) is 2. The highest BCUT2D eigenvalue weighted by molar-refractivity contribution is 7.91. The van der Waals surface area contributed by atoms with Gasteiger partial charge in [0.15, 0.2) is 9.84 Å². The van der Waals surface area contributed by atoms with E-state index in [-0.39, 0.29) is 11.7 Å². The fourth-order valence-electron chi connectivity index (χ4n) is 2.76. The zero-order valence-electron chi connectivity index (χ0n) is 10.6. The topological polar surface area (TPSA) is 77.5 Å². The first-order valence-corrected chi connectivity index (χ1v) is 8.27. The minimum absolute atomic E-state index is 0.182. The summed E-state index contributed by atoms with van der Waals surface area (Å²) in [4.78, 5) is 4.39. The number of hydrogen-bond donors (Lipinski definition) is 1. The molecule has 1 atom stereocenters. The Morgan fingerprint density at radius 2 is 2.32 bits per heavy atom. The normalized spacial score (nSPS) is 22.6. The monoisotopic (exact) mass is 279 g/mol. The van der Waals surface area contributed by atoms with Gasteiger partial charge in [-0.2, -0.15) is 0 Å². The van der Waals surface area contributed by atoms with E-state index in [9.17, 15) is 8.42 Å². The van der Waals surface area contributed by atoms with E-state index in [1.54, 1.807) is 6.20 Å². The van der Waals surface area contributed by atoms with E-state index in [0.717, 1.165) is 24.2 Å². The number of imidazole rings is 1. The first kappa shape index (κ1) is 12.5. The van der Waals surface area contributed by atoms with Crippen LogP contribution in [-0.2, 0) is 16.3 Å². The highest BCUT2D eigenvalue weighted by Crippen LogP contribution is 2.22. The lowest BCUT2D eigenvalue weighted by Crippen LogP contribution is -2.27. The summed E-state index contributed by atoms with van der Waals surface area (Å²) >= 11 is 0. The fourth-order valence-corrected chi connectivity index (χ4v) is 4.54. The maximum atomic E-state index is 11.7. The predicted octanol–water partition coefficient (Wildman–Crippen LogP) is 1.28. The third-order valence-corrected chi connectivity index (χ3v) is 5.55. The molecule has 1 unspecified atom stereocenters. The van der Waals surface area contributed by atoms with E-state index >= 15 is 0 Å². The van der Waals surface area contributed by atoms with Crippen molar-refractivity contribution in [1.29, 1.82) is 0 Å². The molecule has 2 aromatic heterocycles. The molecule has 102 valence electrons. The molecule has 1 fully saturated rings. The lowest BCUT2D eigenvalue weighted by molar-refractivity contribution is 0.475. The Hall–Kier alpha value is -1.56. The Labute approximate surface area is 112 Å². The van der Waals surface area contributed by atoms with Crippen molar-refractivity contribution in [3.05, 3.63) is 30.4 Å². The Balaban J connectivity index is 1.85. The van der Waals surface area contributed by atoms with Crippen molar-refractivity contribution in [2.45, 2.75) is 19.3 Å². The second-order valence-electron chi connectivity index (χ2n) is 5.26. The van der Waals surface area contributed by atoms with Crippen LogP contribution in [0.5, 0.6) is 0 Å². The first-order chi connectivity index (χ1) is 9.03. The SMILES string of the molecule is Nc1ccn2c(CC3CCCS(=O)(=O)C3)ncc2c1. The van der Waals surface area contributed by atoms with Crippen LogP contribution in [0.25, 0.3) is 5.52 Å².